The molecule has 0 unspecified atom stereocenters. The lowest BCUT2D eigenvalue weighted by molar-refractivity contribution is 0.898. The van der Waals surface area contributed by atoms with Gasteiger partial charge < -0.3 is 5.32 Å². The van der Waals surface area contributed by atoms with E-state index in [0.717, 1.165) is 17.8 Å². The van der Waals surface area contributed by atoms with E-state index >= 15 is 0 Å². The summed E-state index contributed by atoms with van der Waals surface area (Å²) in [6.07, 6.45) is 8.52. The summed E-state index contributed by atoms with van der Waals surface area (Å²) in [4.78, 5) is 0. The van der Waals surface area contributed by atoms with Gasteiger partial charge >= 0.3 is 0 Å². The molecule has 12 heavy (non-hydrogen) atoms. The van der Waals surface area contributed by atoms with Gasteiger partial charge in [-0.05, 0) is 19.4 Å². The average Bonchev–Trinajstić information content (AvgIpc) is 2.05. The van der Waals surface area contributed by atoms with Crippen molar-refractivity contribution in [3.05, 3.63) is 48.9 Å². The van der Waals surface area contributed by atoms with Crippen molar-refractivity contribution in [3.63, 3.8) is 0 Å². The molecule has 0 amide bonds. The lowest BCUT2D eigenvalue weighted by Gasteiger charge is -2.05. The lowest BCUT2D eigenvalue weighted by atomic mass is 10.3. The molecule has 0 aliphatic carbocycles. The second kappa shape index (κ2) is 6.47. The van der Waals surface area contributed by atoms with Crippen LogP contribution in [-0.2, 0) is 0 Å². The molecule has 1 nitrogen and oxygen atoms in total. The summed E-state index contributed by atoms with van der Waals surface area (Å²) in [5.41, 5.74) is 2.13. The summed E-state index contributed by atoms with van der Waals surface area (Å²) in [6, 6.07) is 0. The monoisotopic (exact) mass is 163 g/mol. The zero-order chi connectivity index (χ0) is 9.40. The maximum absolute atomic E-state index is 3.85. The molecule has 0 saturated carbocycles. The van der Waals surface area contributed by atoms with Crippen LogP contribution >= 0.6 is 0 Å². The molecule has 0 aromatic carbocycles. The maximum Gasteiger partial charge on any atom is 0.0117 e. The molecule has 0 spiro atoms. The Balaban J connectivity index is 3.93. The first kappa shape index (κ1) is 10.8. The van der Waals surface area contributed by atoms with E-state index in [1.165, 1.54) is 0 Å². The normalized spacial score (nSPS) is 11.7. The van der Waals surface area contributed by atoms with Gasteiger partial charge in [-0.25, -0.2) is 0 Å². The minimum absolute atomic E-state index is 0.955. The van der Waals surface area contributed by atoms with Crippen LogP contribution in [0.5, 0.6) is 0 Å². The Labute approximate surface area is 75.2 Å². The van der Waals surface area contributed by atoms with Gasteiger partial charge in [0.2, 0.25) is 0 Å². The van der Waals surface area contributed by atoms with Crippen molar-refractivity contribution in [1.82, 2.24) is 5.32 Å². The second-order valence-electron chi connectivity index (χ2n) is 2.55. The molecule has 0 aromatic heterocycles. The minimum atomic E-state index is 0.955. The van der Waals surface area contributed by atoms with Crippen LogP contribution in [0.4, 0.5) is 0 Å². The van der Waals surface area contributed by atoms with Crippen molar-refractivity contribution in [1.29, 1.82) is 0 Å². The predicted molar refractivity (Wildman–Crippen MR) is 55.7 cm³/mol. The van der Waals surface area contributed by atoms with Gasteiger partial charge in [-0.1, -0.05) is 38.3 Å². The Bertz CT molecular complexity index is 209. The Morgan fingerprint density at radius 3 is 2.58 bits per heavy atom. The quantitative estimate of drug-likeness (QED) is 0.614. The fourth-order valence-corrected chi connectivity index (χ4v) is 0.687. The van der Waals surface area contributed by atoms with Crippen LogP contribution in [0.1, 0.15) is 20.3 Å². The van der Waals surface area contributed by atoms with E-state index < -0.39 is 0 Å². The zero-order valence-corrected chi connectivity index (χ0v) is 7.93. The molecule has 0 heterocycles. The van der Waals surface area contributed by atoms with Gasteiger partial charge in [0.25, 0.3) is 0 Å². The highest BCUT2D eigenvalue weighted by molar-refractivity contribution is 5.15. The average molecular weight is 163 g/mol. The summed E-state index contributed by atoms with van der Waals surface area (Å²) in [5.74, 6) is 0. The molecule has 1 heteroatoms. The van der Waals surface area contributed by atoms with Crippen LogP contribution in [0, 0.1) is 0 Å². The van der Waals surface area contributed by atoms with Crippen molar-refractivity contribution in [2.75, 3.05) is 0 Å². The van der Waals surface area contributed by atoms with E-state index in [2.05, 4.69) is 25.4 Å². The highest BCUT2D eigenvalue weighted by Crippen LogP contribution is 1.96. The van der Waals surface area contributed by atoms with Crippen LogP contribution in [0.15, 0.2) is 48.9 Å². The SMILES string of the molecule is C=C/C=C\C=C(/C)NC(=C)CC. The van der Waals surface area contributed by atoms with Crippen molar-refractivity contribution in [2.45, 2.75) is 20.3 Å². The molecule has 0 aliphatic heterocycles. The molecule has 0 radical (unpaired) electrons. The zero-order valence-electron chi connectivity index (χ0n) is 7.93. The van der Waals surface area contributed by atoms with Gasteiger partial charge in [-0.2, -0.15) is 0 Å². The Morgan fingerprint density at radius 2 is 2.08 bits per heavy atom. The summed E-state index contributed by atoms with van der Waals surface area (Å²) in [5, 5.41) is 3.17. The van der Waals surface area contributed by atoms with Crippen LogP contribution in [0.25, 0.3) is 0 Å². The fourth-order valence-electron chi connectivity index (χ4n) is 0.687. The van der Waals surface area contributed by atoms with Crippen molar-refractivity contribution < 1.29 is 0 Å². The summed E-state index contributed by atoms with van der Waals surface area (Å²) < 4.78 is 0. The molecule has 0 rings (SSSR count). The number of nitrogens with one attached hydrogen (secondary N) is 1. The first-order valence-electron chi connectivity index (χ1n) is 4.11. The van der Waals surface area contributed by atoms with Crippen LogP contribution in [-0.4, -0.2) is 0 Å². The van der Waals surface area contributed by atoms with Gasteiger partial charge in [0.05, 0.1) is 0 Å². The Kier molecular flexibility index (Phi) is 5.80. The van der Waals surface area contributed by atoms with E-state index in [9.17, 15) is 0 Å². The number of hydrogen-bond donors (Lipinski definition) is 1. The van der Waals surface area contributed by atoms with E-state index in [1.54, 1.807) is 6.08 Å². The summed E-state index contributed by atoms with van der Waals surface area (Å²) in [6.45, 7) is 11.5. The number of rotatable bonds is 5. The largest absolute Gasteiger partial charge is 0.363 e. The van der Waals surface area contributed by atoms with Gasteiger partial charge in [0, 0.05) is 11.4 Å². The Morgan fingerprint density at radius 1 is 1.42 bits per heavy atom. The molecule has 0 fully saturated rings. The van der Waals surface area contributed by atoms with Crippen molar-refractivity contribution in [3.8, 4) is 0 Å². The van der Waals surface area contributed by atoms with Crippen molar-refractivity contribution >= 4 is 0 Å². The topological polar surface area (TPSA) is 12.0 Å². The van der Waals surface area contributed by atoms with Crippen molar-refractivity contribution in [2.24, 2.45) is 0 Å². The van der Waals surface area contributed by atoms with Crippen LogP contribution in [0.3, 0.4) is 0 Å². The molecule has 66 valence electrons. The van der Waals surface area contributed by atoms with E-state index in [1.807, 2.05) is 25.2 Å². The fraction of sp³-hybridized carbons (Fsp3) is 0.273. The molecule has 0 bridgehead atoms. The van der Waals surface area contributed by atoms with E-state index in [0.29, 0.717) is 0 Å². The molecular weight excluding hydrogens is 146 g/mol. The lowest BCUT2D eigenvalue weighted by Crippen LogP contribution is -2.07. The van der Waals surface area contributed by atoms with Crippen LogP contribution in [0.2, 0.25) is 0 Å². The first-order valence-corrected chi connectivity index (χ1v) is 4.11. The van der Waals surface area contributed by atoms with Gasteiger partial charge in [0.15, 0.2) is 0 Å². The van der Waals surface area contributed by atoms with Gasteiger partial charge in [-0.15, -0.1) is 0 Å². The predicted octanol–water partition coefficient (Wildman–Crippen LogP) is 3.15. The molecule has 1 N–H and O–H groups in total. The second-order valence-corrected chi connectivity index (χ2v) is 2.55. The number of hydrogen-bond acceptors (Lipinski definition) is 1. The molecule has 0 saturated heterocycles. The standard InChI is InChI=1S/C11H17N/c1-5-7-8-9-11(4)12-10(3)6-2/h5,7-9,12H,1,3,6H2,2,4H3/b8-7-,11-9+. The highest BCUT2D eigenvalue weighted by atomic mass is 14.9. The smallest absolute Gasteiger partial charge is 0.0117 e. The third-order valence-electron chi connectivity index (χ3n) is 1.39. The maximum atomic E-state index is 3.85. The van der Waals surface area contributed by atoms with E-state index in [4.69, 9.17) is 0 Å². The Hall–Kier alpha value is -1.24. The minimum Gasteiger partial charge on any atom is -0.363 e. The molecular formula is C11H17N. The third-order valence-corrected chi connectivity index (χ3v) is 1.39. The third kappa shape index (κ3) is 5.54. The van der Waals surface area contributed by atoms with Gasteiger partial charge in [0.1, 0.15) is 0 Å². The summed E-state index contributed by atoms with van der Waals surface area (Å²) >= 11 is 0. The molecule has 0 atom stereocenters. The van der Waals surface area contributed by atoms with Crippen LogP contribution < -0.4 is 5.32 Å². The molecule has 0 aliphatic rings. The first-order chi connectivity index (χ1) is 5.70. The highest BCUT2D eigenvalue weighted by Gasteiger charge is 1.87. The molecule has 0 aromatic rings. The van der Waals surface area contributed by atoms with E-state index in [-0.39, 0.29) is 0 Å². The number of allylic oxidation sites excluding steroid dienone is 6. The van der Waals surface area contributed by atoms with Gasteiger partial charge in [-0.3, -0.25) is 0 Å². The summed E-state index contributed by atoms with van der Waals surface area (Å²) in [7, 11) is 0.